The SMILES string of the molecule is COc1cc(C)c(N(C)C(=O)CCCO)c(C)c1C. The maximum Gasteiger partial charge on any atom is 0.226 e. The van der Waals surface area contributed by atoms with Crippen LogP contribution in [0.15, 0.2) is 6.07 Å². The van der Waals surface area contributed by atoms with Gasteiger partial charge in [-0.15, -0.1) is 0 Å². The van der Waals surface area contributed by atoms with Crippen LogP contribution in [0, 0.1) is 20.8 Å². The topological polar surface area (TPSA) is 49.8 Å². The van der Waals surface area contributed by atoms with Gasteiger partial charge in [0.15, 0.2) is 0 Å². The van der Waals surface area contributed by atoms with E-state index in [-0.39, 0.29) is 12.5 Å². The Morgan fingerprint density at radius 3 is 2.47 bits per heavy atom. The summed E-state index contributed by atoms with van der Waals surface area (Å²) in [7, 11) is 3.43. The van der Waals surface area contributed by atoms with E-state index in [9.17, 15) is 4.79 Å². The largest absolute Gasteiger partial charge is 0.496 e. The van der Waals surface area contributed by atoms with Crippen molar-refractivity contribution in [2.75, 3.05) is 25.7 Å². The number of carbonyl (C=O) groups is 1. The van der Waals surface area contributed by atoms with Crippen LogP contribution in [0.25, 0.3) is 0 Å². The van der Waals surface area contributed by atoms with Gasteiger partial charge in [0.05, 0.1) is 7.11 Å². The molecule has 0 aliphatic rings. The Balaban J connectivity index is 3.13. The number of benzene rings is 1. The number of aliphatic hydroxyl groups is 1. The molecule has 0 spiro atoms. The summed E-state index contributed by atoms with van der Waals surface area (Å²) in [6.07, 6.45) is 0.855. The molecule has 1 aromatic rings. The highest BCUT2D eigenvalue weighted by Gasteiger charge is 2.18. The molecule has 0 atom stereocenters. The molecule has 1 aromatic carbocycles. The highest BCUT2D eigenvalue weighted by Crippen LogP contribution is 2.33. The molecule has 0 saturated heterocycles. The summed E-state index contributed by atoms with van der Waals surface area (Å²) >= 11 is 0. The van der Waals surface area contributed by atoms with E-state index in [1.165, 1.54) is 0 Å². The van der Waals surface area contributed by atoms with Crippen molar-refractivity contribution < 1.29 is 14.6 Å². The van der Waals surface area contributed by atoms with Gasteiger partial charge in [0, 0.05) is 25.8 Å². The maximum absolute atomic E-state index is 12.1. The lowest BCUT2D eigenvalue weighted by atomic mass is 10.0. The molecule has 0 aliphatic carbocycles. The third kappa shape index (κ3) is 3.26. The smallest absolute Gasteiger partial charge is 0.226 e. The van der Waals surface area contributed by atoms with E-state index in [2.05, 4.69) is 0 Å². The molecular weight excluding hydrogens is 242 g/mol. The first kappa shape index (κ1) is 15.5. The van der Waals surface area contributed by atoms with Gasteiger partial charge in [0.25, 0.3) is 0 Å². The molecule has 0 fully saturated rings. The fourth-order valence-corrected chi connectivity index (χ4v) is 2.28. The van der Waals surface area contributed by atoms with Crippen molar-refractivity contribution in [2.24, 2.45) is 0 Å². The van der Waals surface area contributed by atoms with Crippen molar-refractivity contribution in [3.8, 4) is 5.75 Å². The van der Waals surface area contributed by atoms with Crippen molar-refractivity contribution in [1.29, 1.82) is 0 Å². The number of rotatable bonds is 5. The first-order valence-corrected chi connectivity index (χ1v) is 6.46. The molecule has 0 radical (unpaired) electrons. The molecule has 0 bridgehead atoms. The number of amides is 1. The number of anilines is 1. The van der Waals surface area contributed by atoms with Gasteiger partial charge in [-0.25, -0.2) is 0 Å². The van der Waals surface area contributed by atoms with Crippen molar-refractivity contribution in [2.45, 2.75) is 33.6 Å². The van der Waals surface area contributed by atoms with Crippen LogP contribution in [0.1, 0.15) is 29.5 Å². The van der Waals surface area contributed by atoms with Gasteiger partial charge in [-0.2, -0.15) is 0 Å². The minimum absolute atomic E-state index is 0.0183. The number of nitrogens with zero attached hydrogens (tertiary/aromatic N) is 1. The monoisotopic (exact) mass is 265 g/mol. The average molecular weight is 265 g/mol. The van der Waals surface area contributed by atoms with Crippen LogP contribution >= 0.6 is 0 Å². The minimum atomic E-state index is 0.0183. The van der Waals surface area contributed by atoms with Crippen LogP contribution < -0.4 is 9.64 Å². The number of hydrogen-bond acceptors (Lipinski definition) is 3. The van der Waals surface area contributed by atoms with Gasteiger partial charge in [-0.05, 0) is 49.9 Å². The molecule has 0 saturated carbocycles. The fraction of sp³-hybridized carbons (Fsp3) is 0.533. The Hall–Kier alpha value is -1.55. The second kappa shape index (κ2) is 6.57. The minimum Gasteiger partial charge on any atom is -0.496 e. The molecule has 4 nitrogen and oxygen atoms in total. The van der Waals surface area contributed by atoms with Crippen LogP contribution in [-0.4, -0.2) is 31.8 Å². The normalized spacial score (nSPS) is 10.4. The zero-order chi connectivity index (χ0) is 14.6. The van der Waals surface area contributed by atoms with Gasteiger partial charge >= 0.3 is 0 Å². The van der Waals surface area contributed by atoms with Crippen molar-refractivity contribution in [1.82, 2.24) is 0 Å². The van der Waals surface area contributed by atoms with E-state index < -0.39 is 0 Å². The zero-order valence-electron chi connectivity index (χ0n) is 12.4. The fourth-order valence-electron chi connectivity index (χ4n) is 2.28. The molecule has 19 heavy (non-hydrogen) atoms. The first-order valence-electron chi connectivity index (χ1n) is 6.46. The van der Waals surface area contributed by atoms with Crippen LogP contribution in [-0.2, 0) is 4.79 Å². The van der Waals surface area contributed by atoms with Gasteiger partial charge in [0.1, 0.15) is 5.75 Å². The van der Waals surface area contributed by atoms with Gasteiger partial charge in [-0.3, -0.25) is 4.79 Å². The Bertz CT molecular complexity index is 469. The summed E-state index contributed by atoms with van der Waals surface area (Å²) < 4.78 is 5.33. The van der Waals surface area contributed by atoms with Crippen molar-refractivity contribution in [3.63, 3.8) is 0 Å². The summed E-state index contributed by atoms with van der Waals surface area (Å²) in [5.74, 6) is 0.861. The molecular formula is C15H23NO3. The molecule has 0 aromatic heterocycles. The highest BCUT2D eigenvalue weighted by atomic mass is 16.5. The highest BCUT2D eigenvalue weighted by molar-refractivity contribution is 5.94. The number of aryl methyl sites for hydroxylation is 1. The standard InChI is InChI=1S/C15H23NO3/c1-10-9-13(19-5)11(2)12(3)15(10)16(4)14(18)7-6-8-17/h9,17H,6-8H2,1-5H3. The summed E-state index contributed by atoms with van der Waals surface area (Å²) in [4.78, 5) is 13.7. The molecule has 1 N–H and O–H groups in total. The molecule has 0 aliphatic heterocycles. The number of hydrogen-bond donors (Lipinski definition) is 1. The first-order chi connectivity index (χ1) is 8.93. The molecule has 0 heterocycles. The van der Waals surface area contributed by atoms with Gasteiger partial charge in [0.2, 0.25) is 5.91 Å². The van der Waals surface area contributed by atoms with Gasteiger partial charge in [-0.1, -0.05) is 0 Å². The van der Waals surface area contributed by atoms with Crippen LogP contribution in [0.3, 0.4) is 0 Å². The van der Waals surface area contributed by atoms with E-state index in [0.29, 0.717) is 12.8 Å². The molecule has 4 heteroatoms. The van der Waals surface area contributed by atoms with Crippen LogP contribution in [0.5, 0.6) is 5.75 Å². The Labute approximate surface area is 115 Å². The van der Waals surface area contributed by atoms with E-state index in [4.69, 9.17) is 9.84 Å². The third-order valence-corrected chi connectivity index (χ3v) is 3.49. The Kier molecular flexibility index (Phi) is 5.36. The van der Waals surface area contributed by atoms with Crippen LogP contribution in [0.2, 0.25) is 0 Å². The molecule has 1 rings (SSSR count). The van der Waals surface area contributed by atoms with E-state index in [1.807, 2.05) is 26.8 Å². The predicted octanol–water partition coefficient (Wildman–Crippen LogP) is 2.36. The number of methoxy groups -OCH3 is 1. The summed E-state index contributed by atoms with van der Waals surface area (Å²) in [5, 5.41) is 8.80. The molecule has 0 unspecified atom stereocenters. The Morgan fingerprint density at radius 1 is 1.32 bits per heavy atom. The Morgan fingerprint density at radius 2 is 1.95 bits per heavy atom. The third-order valence-electron chi connectivity index (χ3n) is 3.49. The second-order valence-electron chi connectivity index (χ2n) is 4.77. The van der Waals surface area contributed by atoms with Gasteiger partial charge < -0.3 is 14.7 Å². The number of aliphatic hydroxyl groups excluding tert-OH is 1. The van der Waals surface area contributed by atoms with E-state index in [0.717, 1.165) is 28.1 Å². The molecule has 1 amide bonds. The number of carbonyl (C=O) groups excluding carboxylic acids is 1. The van der Waals surface area contributed by atoms with E-state index >= 15 is 0 Å². The van der Waals surface area contributed by atoms with E-state index in [1.54, 1.807) is 19.1 Å². The lowest BCUT2D eigenvalue weighted by molar-refractivity contribution is -0.118. The van der Waals surface area contributed by atoms with Crippen LogP contribution in [0.4, 0.5) is 5.69 Å². The maximum atomic E-state index is 12.1. The lowest BCUT2D eigenvalue weighted by Gasteiger charge is -2.24. The van der Waals surface area contributed by atoms with Crippen molar-refractivity contribution in [3.05, 3.63) is 22.8 Å². The average Bonchev–Trinajstić information content (AvgIpc) is 2.39. The lowest BCUT2D eigenvalue weighted by Crippen LogP contribution is -2.27. The second-order valence-corrected chi connectivity index (χ2v) is 4.77. The zero-order valence-corrected chi connectivity index (χ0v) is 12.4. The van der Waals surface area contributed by atoms with Crippen molar-refractivity contribution >= 4 is 11.6 Å². The quantitative estimate of drug-likeness (QED) is 0.889. The summed E-state index contributed by atoms with van der Waals surface area (Å²) in [6.45, 7) is 6.00. The molecule has 106 valence electrons. The summed E-state index contributed by atoms with van der Waals surface area (Å²) in [5.41, 5.74) is 4.04. The number of ether oxygens (including phenoxy) is 1. The summed E-state index contributed by atoms with van der Waals surface area (Å²) in [6, 6.07) is 1.95. The predicted molar refractivity (Wildman–Crippen MR) is 76.9 cm³/mol.